The molecule has 0 aliphatic carbocycles. The molecule has 0 fully saturated rings. The Morgan fingerprint density at radius 2 is 1.81 bits per heavy atom. The van der Waals surface area contributed by atoms with Crippen LogP contribution in [0.4, 0.5) is 14.5 Å². The molecule has 3 nitrogen and oxygen atoms in total. The van der Waals surface area contributed by atoms with Crippen molar-refractivity contribution < 1.29 is 13.6 Å². The summed E-state index contributed by atoms with van der Waals surface area (Å²) >= 11 is 6.97. The highest BCUT2D eigenvalue weighted by molar-refractivity contribution is 7.98. The second-order valence-corrected chi connectivity index (χ2v) is 5.67. The maximum Gasteiger partial charge on any atom is 0.248 e. The zero-order chi connectivity index (χ0) is 15.6. The number of thioether (sulfide) groups is 1. The van der Waals surface area contributed by atoms with Crippen molar-refractivity contribution in [2.75, 3.05) is 5.73 Å². The van der Waals surface area contributed by atoms with E-state index < -0.39 is 17.5 Å². The van der Waals surface area contributed by atoms with Gasteiger partial charge in [-0.2, -0.15) is 0 Å². The highest BCUT2D eigenvalue weighted by Crippen LogP contribution is 2.32. The van der Waals surface area contributed by atoms with Crippen LogP contribution in [-0.4, -0.2) is 5.91 Å². The third-order valence-electron chi connectivity index (χ3n) is 2.73. The first kappa shape index (κ1) is 15.6. The van der Waals surface area contributed by atoms with Gasteiger partial charge in [0.25, 0.3) is 0 Å². The smallest absolute Gasteiger partial charge is 0.248 e. The molecule has 110 valence electrons. The Morgan fingerprint density at radius 3 is 2.33 bits per heavy atom. The summed E-state index contributed by atoms with van der Waals surface area (Å²) in [4.78, 5) is 10.9. The van der Waals surface area contributed by atoms with Crippen molar-refractivity contribution in [2.45, 2.75) is 10.6 Å². The van der Waals surface area contributed by atoms with Crippen molar-refractivity contribution in [3.8, 4) is 0 Å². The third kappa shape index (κ3) is 3.65. The molecule has 0 saturated heterocycles. The molecule has 1 amide bonds. The molecule has 0 saturated carbocycles. The second kappa shape index (κ2) is 6.32. The minimum absolute atomic E-state index is 0.0261. The molecule has 21 heavy (non-hydrogen) atoms. The average molecular weight is 329 g/mol. The Morgan fingerprint density at radius 1 is 1.19 bits per heavy atom. The molecule has 0 aliphatic heterocycles. The molecule has 0 atom stereocenters. The van der Waals surface area contributed by atoms with Gasteiger partial charge >= 0.3 is 0 Å². The number of anilines is 1. The summed E-state index contributed by atoms with van der Waals surface area (Å²) in [7, 11) is 0. The third-order valence-corrected chi connectivity index (χ3v) is 4.22. The number of halogens is 3. The lowest BCUT2D eigenvalue weighted by Gasteiger charge is -2.08. The highest BCUT2D eigenvalue weighted by atomic mass is 35.5. The number of rotatable bonds is 4. The Balaban J connectivity index is 2.19. The standard InChI is InChI=1S/C14H11ClF2N2OS/c15-10-3-7(14(19)20)1-2-8(10)6-21-13-11(16)4-9(18)5-12(13)17/h1-5H,6,18H2,(H2,19,20). The van der Waals surface area contributed by atoms with E-state index in [2.05, 4.69) is 0 Å². The van der Waals surface area contributed by atoms with E-state index in [-0.39, 0.29) is 21.9 Å². The molecule has 0 aliphatic rings. The predicted molar refractivity (Wildman–Crippen MR) is 80.3 cm³/mol. The van der Waals surface area contributed by atoms with Crippen LogP contribution in [0.25, 0.3) is 0 Å². The zero-order valence-electron chi connectivity index (χ0n) is 10.7. The Labute approximate surface area is 129 Å². The monoisotopic (exact) mass is 328 g/mol. The van der Waals surface area contributed by atoms with E-state index in [1.165, 1.54) is 12.1 Å². The summed E-state index contributed by atoms with van der Waals surface area (Å²) in [5.74, 6) is -1.79. The number of nitrogens with two attached hydrogens (primary N) is 2. The van der Waals surface area contributed by atoms with Gasteiger partial charge in [-0.1, -0.05) is 17.7 Å². The normalized spacial score (nSPS) is 10.6. The summed E-state index contributed by atoms with van der Waals surface area (Å²) in [5.41, 5.74) is 11.4. The Kier molecular flexibility index (Phi) is 4.69. The second-order valence-electron chi connectivity index (χ2n) is 4.27. The summed E-state index contributed by atoms with van der Waals surface area (Å²) < 4.78 is 27.3. The fraction of sp³-hybridized carbons (Fsp3) is 0.0714. The minimum Gasteiger partial charge on any atom is -0.399 e. The molecule has 2 aromatic carbocycles. The molecule has 0 radical (unpaired) electrons. The molecule has 2 rings (SSSR count). The van der Waals surface area contributed by atoms with E-state index in [1.807, 2.05) is 0 Å². The Bertz CT molecular complexity index is 686. The SMILES string of the molecule is NC(=O)c1ccc(CSc2c(F)cc(N)cc2F)c(Cl)c1. The van der Waals surface area contributed by atoms with E-state index in [4.69, 9.17) is 23.1 Å². The van der Waals surface area contributed by atoms with Crippen LogP contribution in [0.15, 0.2) is 35.2 Å². The molecule has 0 aromatic heterocycles. The maximum absolute atomic E-state index is 13.6. The topological polar surface area (TPSA) is 69.1 Å². The fourth-order valence-electron chi connectivity index (χ4n) is 1.68. The van der Waals surface area contributed by atoms with E-state index in [0.717, 1.165) is 23.9 Å². The Hall–Kier alpha value is -1.79. The van der Waals surface area contributed by atoms with Gasteiger partial charge in [0.15, 0.2) is 0 Å². The maximum atomic E-state index is 13.6. The van der Waals surface area contributed by atoms with Gasteiger partial charge in [-0.25, -0.2) is 8.78 Å². The van der Waals surface area contributed by atoms with E-state index in [0.29, 0.717) is 10.6 Å². The van der Waals surface area contributed by atoms with Crippen molar-refractivity contribution in [1.29, 1.82) is 0 Å². The minimum atomic E-state index is -0.720. The number of hydrogen-bond donors (Lipinski definition) is 2. The first-order chi connectivity index (χ1) is 9.88. The highest BCUT2D eigenvalue weighted by Gasteiger charge is 2.13. The van der Waals surface area contributed by atoms with Gasteiger partial charge in [-0.05, 0) is 29.8 Å². The first-order valence-corrected chi connectivity index (χ1v) is 7.20. The molecule has 0 heterocycles. The summed E-state index contributed by atoms with van der Waals surface area (Å²) in [6.07, 6.45) is 0. The molecular weight excluding hydrogens is 318 g/mol. The van der Waals surface area contributed by atoms with Gasteiger partial charge in [-0.3, -0.25) is 4.79 Å². The molecule has 0 spiro atoms. The van der Waals surface area contributed by atoms with E-state index in [1.54, 1.807) is 6.07 Å². The van der Waals surface area contributed by atoms with Gasteiger partial charge in [0.1, 0.15) is 11.6 Å². The van der Waals surface area contributed by atoms with Crippen LogP contribution in [0.2, 0.25) is 5.02 Å². The first-order valence-electron chi connectivity index (χ1n) is 5.84. The van der Waals surface area contributed by atoms with Gasteiger partial charge in [0.05, 0.1) is 4.90 Å². The number of carbonyl (C=O) groups is 1. The van der Waals surface area contributed by atoms with Crippen molar-refractivity contribution >= 4 is 35.0 Å². The van der Waals surface area contributed by atoms with Gasteiger partial charge in [0, 0.05) is 22.0 Å². The number of carbonyl (C=O) groups excluding carboxylic acids is 1. The van der Waals surface area contributed by atoms with Gasteiger partial charge < -0.3 is 11.5 Å². The molecular formula is C14H11ClF2N2OS. The summed E-state index contributed by atoms with van der Waals surface area (Å²) in [6, 6.07) is 6.66. The summed E-state index contributed by atoms with van der Waals surface area (Å²) in [6.45, 7) is 0. The number of benzene rings is 2. The van der Waals surface area contributed by atoms with Crippen molar-refractivity contribution in [2.24, 2.45) is 5.73 Å². The summed E-state index contributed by atoms with van der Waals surface area (Å²) in [5, 5.41) is 0.315. The fourth-order valence-corrected chi connectivity index (χ4v) is 2.96. The lowest BCUT2D eigenvalue weighted by molar-refractivity contribution is 0.100. The molecule has 2 aromatic rings. The number of primary amides is 1. The van der Waals surface area contributed by atoms with Gasteiger partial charge in [-0.15, -0.1) is 11.8 Å². The lowest BCUT2D eigenvalue weighted by atomic mass is 10.1. The van der Waals surface area contributed by atoms with Crippen LogP contribution in [0.1, 0.15) is 15.9 Å². The molecule has 7 heteroatoms. The van der Waals surface area contributed by atoms with Crippen LogP contribution in [0.5, 0.6) is 0 Å². The van der Waals surface area contributed by atoms with Crippen LogP contribution in [0.3, 0.4) is 0 Å². The van der Waals surface area contributed by atoms with E-state index >= 15 is 0 Å². The van der Waals surface area contributed by atoms with Crippen molar-refractivity contribution in [1.82, 2.24) is 0 Å². The molecule has 0 bridgehead atoms. The van der Waals surface area contributed by atoms with Crippen molar-refractivity contribution in [3.05, 3.63) is 58.1 Å². The van der Waals surface area contributed by atoms with Crippen molar-refractivity contribution in [3.63, 3.8) is 0 Å². The van der Waals surface area contributed by atoms with Crippen LogP contribution >= 0.6 is 23.4 Å². The number of nitrogen functional groups attached to an aromatic ring is 1. The predicted octanol–water partition coefficient (Wildman–Crippen LogP) is 3.59. The van der Waals surface area contributed by atoms with Crippen LogP contribution in [-0.2, 0) is 5.75 Å². The van der Waals surface area contributed by atoms with Crippen LogP contribution < -0.4 is 11.5 Å². The van der Waals surface area contributed by atoms with E-state index in [9.17, 15) is 13.6 Å². The van der Waals surface area contributed by atoms with Gasteiger partial charge in [0.2, 0.25) is 5.91 Å². The number of hydrogen-bond acceptors (Lipinski definition) is 3. The average Bonchev–Trinajstić information content (AvgIpc) is 2.38. The van der Waals surface area contributed by atoms with Crippen LogP contribution in [0, 0.1) is 11.6 Å². The zero-order valence-corrected chi connectivity index (χ0v) is 12.3. The number of amides is 1. The molecule has 4 N–H and O–H groups in total. The lowest BCUT2D eigenvalue weighted by Crippen LogP contribution is -2.10. The quantitative estimate of drug-likeness (QED) is 0.665. The largest absolute Gasteiger partial charge is 0.399 e. The molecule has 0 unspecified atom stereocenters.